The Hall–Kier alpha value is -3.60. The minimum atomic E-state index is -1.41. The number of benzene rings is 1. The van der Waals surface area contributed by atoms with Crippen LogP contribution in [-0.4, -0.2) is 55.6 Å². The average molecular weight is 703 g/mol. The fourth-order valence-corrected chi connectivity index (χ4v) is 4.32. The summed E-state index contributed by atoms with van der Waals surface area (Å²) < 4.78 is 42.4. The molecule has 12 nitrogen and oxygen atoms in total. The highest BCUT2D eigenvalue weighted by molar-refractivity contribution is 14.1. The molecule has 0 saturated heterocycles. The molecular formula is C27H32F2IN5O7. The lowest BCUT2D eigenvalue weighted by Gasteiger charge is -2.25. The van der Waals surface area contributed by atoms with Gasteiger partial charge in [-0.15, -0.1) is 0 Å². The highest BCUT2D eigenvalue weighted by Gasteiger charge is 2.29. The zero-order chi connectivity index (χ0) is 31.5. The Morgan fingerprint density at radius 2 is 1.83 bits per heavy atom. The smallest absolute Gasteiger partial charge is 0.408 e. The molecule has 0 aliphatic rings. The minimum absolute atomic E-state index is 0.176. The molecule has 1 aromatic carbocycles. The van der Waals surface area contributed by atoms with Crippen molar-refractivity contribution in [2.24, 2.45) is 13.0 Å². The minimum Gasteiger partial charge on any atom is -0.461 e. The van der Waals surface area contributed by atoms with E-state index in [2.05, 4.69) is 15.6 Å². The number of alkyl carbamates (subject to hydrolysis) is 1. The molecule has 1 unspecified atom stereocenters. The van der Waals surface area contributed by atoms with Crippen LogP contribution in [0.25, 0.3) is 11.0 Å². The van der Waals surface area contributed by atoms with Crippen molar-refractivity contribution in [3.8, 4) is 0 Å². The fraction of sp³-hybridized carbons (Fsp3) is 0.444. The van der Waals surface area contributed by atoms with E-state index in [9.17, 15) is 28.7 Å². The molecule has 0 bridgehead atoms. The Labute approximate surface area is 253 Å². The monoisotopic (exact) mass is 703 g/mol. The van der Waals surface area contributed by atoms with Gasteiger partial charge in [0.2, 0.25) is 5.82 Å². The first-order valence-electron chi connectivity index (χ1n) is 12.8. The first-order chi connectivity index (χ1) is 19.5. The number of nitrogens with zero attached hydrogens (tertiary/aromatic N) is 3. The second kappa shape index (κ2) is 13.1. The molecule has 15 heteroatoms. The quantitative estimate of drug-likeness (QED) is 0.225. The van der Waals surface area contributed by atoms with Crippen molar-refractivity contribution in [3.05, 3.63) is 60.4 Å². The molecule has 2 aromatic heterocycles. The maximum absolute atomic E-state index is 15.2. The lowest BCUT2D eigenvalue weighted by atomic mass is 10.1. The van der Waals surface area contributed by atoms with Crippen molar-refractivity contribution >= 4 is 57.1 Å². The molecular weight excluding hydrogens is 671 g/mol. The van der Waals surface area contributed by atoms with Gasteiger partial charge in [0.15, 0.2) is 5.65 Å². The van der Waals surface area contributed by atoms with Crippen LogP contribution in [0.4, 0.5) is 25.0 Å². The maximum Gasteiger partial charge on any atom is 0.408 e. The van der Waals surface area contributed by atoms with E-state index >= 15 is 4.39 Å². The van der Waals surface area contributed by atoms with Crippen LogP contribution in [0.15, 0.2) is 34.1 Å². The highest BCUT2D eigenvalue weighted by atomic mass is 127. The van der Waals surface area contributed by atoms with Gasteiger partial charge in [0.05, 0.1) is 17.9 Å². The first kappa shape index (κ1) is 32.9. The number of aliphatic hydroxyl groups excluding tert-OH is 1. The normalized spacial score (nSPS) is 13.1. The summed E-state index contributed by atoms with van der Waals surface area (Å²) in [5.41, 5.74) is -3.65. The highest BCUT2D eigenvalue weighted by Crippen LogP contribution is 2.26. The fourth-order valence-electron chi connectivity index (χ4n) is 3.87. The average Bonchev–Trinajstić information content (AvgIpc) is 2.88. The number of pyridine rings is 1. The zero-order valence-corrected chi connectivity index (χ0v) is 26.0. The van der Waals surface area contributed by atoms with Gasteiger partial charge in [-0.2, -0.15) is 4.39 Å². The molecule has 0 aliphatic carbocycles. The number of carbonyl (C=O) groups is 2. The summed E-state index contributed by atoms with van der Waals surface area (Å²) in [7, 11) is 1.23. The Bertz CT molecular complexity index is 1620. The third-order valence-electron chi connectivity index (χ3n) is 5.91. The van der Waals surface area contributed by atoms with E-state index in [0.29, 0.717) is 3.57 Å². The van der Waals surface area contributed by atoms with Crippen LogP contribution < -0.4 is 21.8 Å². The molecule has 0 fully saturated rings. The predicted molar refractivity (Wildman–Crippen MR) is 159 cm³/mol. The Balaban J connectivity index is 1.85. The molecule has 1 amide bonds. The number of carbonyl (C=O) groups excluding carboxylic acids is 2. The molecule has 228 valence electrons. The van der Waals surface area contributed by atoms with Gasteiger partial charge in [-0.25, -0.2) is 19.0 Å². The molecule has 0 aliphatic heterocycles. The lowest BCUT2D eigenvalue weighted by Crippen LogP contribution is -2.47. The number of halogens is 3. The predicted octanol–water partition coefficient (Wildman–Crippen LogP) is 3.18. The molecule has 0 saturated carbocycles. The van der Waals surface area contributed by atoms with E-state index in [0.717, 1.165) is 15.5 Å². The van der Waals surface area contributed by atoms with Gasteiger partial charge in [-0.1, -0.05) is 13.8 Å². The van der Waals surface area contributed by atoms with Crippen molar-refractivity contribution in [2.45, 2.75) is 58.9 Å². The van der Waals surface area contributed by atoms with Gasteiger partial charge in [0.1, 0.15) is 41.9 Å². The summed E-state index contributed by atoms with van der Waals surface area (Å²) in [6.07, 6.45) is -1.19. The zero-order valence-electron chi connectivity index (χ0n) is 23.8. The number of esters is 1. The number of anilines is 2. The summed E-state index contributed by atoms with van der Waals surface area (Å²) in [4.78, 5) is 54.8. The number of hydrogen-bond donors (Lipinski definition) is 3. The molecule has 3 N–H and O–H groups in total. The number of nitrogens with one attached hydrogen (secondary N) is 2. The molecule has 0 radical (unpaired) electrons. The largest absolute Gasteiger partial charge is 0.461 e. The second-order valence-corrected chi connectivity index (χ2v) is 12.1. The van der Waals surface area contributed by atoms with Crippen LogP contribution in [0.3, 0.4) is 0 Å². The van der Waals surface area contributed by atoms with E-state index in [4.69, 9.17) is 9.47 Å². The number of aromatic nitrogens is 3. The van der Waals surface area contributed by atoms with Crippen LogP contribution in [-0.2, 0) is 27.9 Å². The summed E-state index contributed by atoms with van der Waals surface area (Å²) in [6, 6.07) is 2.99. The Morgan fingerprint density at radius 3 is 2.43 bits per heavy atom. The molecule has 2 heterocycles. The molecule has 0 spiro atoms. The van der Waals surface area contributed by atoms with Gasteiger partial charge in [-0.05, 0) is 67.5 Å². The summed E-state index contributed by atoms with van der Waals surface area (Å²) in [5, 5.41) is 15.1. The molecule has 2 atom stereocenters. The van der Waals surface area contributed by atoms with E-state index < -0.39 is 71.4 Å². The number of hydrogen-bond acceptors (Lipinski definition) is 9. The third kappa shape index (κ3) is 7.81. The first-order valence-corrected chi connectivity index (χ1v) is 13.9. The number of amides is 1. The van der Waals surface area contributed by atoms with Crippen LogP contribution in [0.1, 0.15) is 34.6 Å². The number of ether oxygens (including phenoxy) is 2. The Morgan fingerprint density at radius 1 is 1.17 bits per heavy atom. The van der Waals surface area contributed by atoms with E-state index in [1.807, 2.05) is 22.6 Å². The van der Waals surface area contributed by atoms with Gasteiger partial charge in [0, 0.05) is 10.6 Å². The van der Waals surface area contributed by atoms with Gasteiger partial charge < -0.3 is 25.2 Å². The number of aryl methyl sites for hydroxylation is 1. The topological polar surface area (TPSA) is 154 Å². The summed E-state index contributed by atoms with van der Waals surface area (Å²) >= 11 is 1.89. The standard InChI is InChI=1S/C27H32F2IN5O7/c1-13(2)20(33-26(40)42-27(3,4)5)25(39)41-11-15(36)10-35-12-31-22-18(23(35)37)21(19(29)24(38)34(22)6)32-17-8-7-14(30)9-16(17)28/h7-9,12-13,15,20,32,36H,10-11H2,1-6H3,(H,33,40)/t15-,20?/m1/s1. The Kier molecular flexibility index (Phi) is 10.3. The van der Waals surface area contributed by atoms with Gasteiger partial charge in [-0.3, -0.25) is 18.7 Å². The number of rotatable bonds is 9. The van der Waals surface area contributed by atoms with E-state index in [1.54, 1.807) is 40.7 Å². The van der Waals surface area contributed by atoms with Crippen LogP contribution in [0.5, 0.6) is 0 Å². The number of aliphatic hydroxyl groups is 1. The molecule has 3 aromatic rings. The lowest BCUT2D eigenvalue weighted by molar-refractivity contribution is -0.150. The maximum atomic E-state index is 15.2. The van der Waals surface area contributed by atoms with E-state index in [-0.39, 0.29) is 22.6 Å². The van der Waals surface area contributed by atoms with Crippen molar-refractivity contribution in [3.63, 3.8) is 0 Å². The molecule has 3 rings (SSSR count). The van der Waals surface area contributed by atoms with Crippen molar-refractivity contribution < 1.29 is 33.0 Å². The van der Waals surface area contributed by atoms with Crippen molar-refractivity contribution in [2.75, 3.05) is 11.9 Å². The molecule has 42 heavy (non-hydrogen) atoms. The van der Waals surface area contributed by atoms with Crippen LogP contribution >= 0.6 is 22.6 Å². The van der Waals surface area contributed by atoms with Crippen LogP contribution in [0.2, 0.25) is 0 Å². The number of fused-ring (bicyclic) bond motifs is 1. The van der Waals surface area contributed by atoms with Gasteiger partial charge in [0.25, 0.3) is 11.1 Å². The second-order valence-electron chi connectivity index (χ2n) is 10.9. The summed E-state index contributed by atoms with van der Waals surface area (Å²) in [5.74, 6) is -3.27. The van der Waals surface area contributed by atoms with Crippen molar-refractivity contribution in [1.82, 2.24) is 19.4 Å². The van der Waals surface area contributed by atoms with Crippen LogP contribution in [0, 0.1) is 21.1 Å². The summed E-state index contributed by atoms with van der Waals surface area (Å²) in [6.45, 7) is 7.39. The van der Waals surface area contributed by atoms with Gasteiger partial charge >= 0.3 is 12.1 Å². The van der Waals surface area contributed by atoms with E-state index in [1.165, 1.54) is 19.2 Å². The van der Waals surface area contributed by atoms with Crippen molar-refractivity contribution in [1.29, 1.82) is 0 Å². The third-order valence-corrected chi connectivity index (χ3v) is 6.58. The SMILES string of the molecule is CC(C)C(NC(=O)OC(C)(C)C)C(=O)OC[C@H](O)Cn1cnc2c(c(Nc3ccc(I)cc3F)c(F)c(=O)n2C)c1=O.